The fraction of sp³-hybridized carbons (Fsp3) is 0.538. The van der Waals surface area contributed by atoms with Gasteiger partial charge in [-0.05, 0) is 44.4 Å². The summed E-state index contributed by atoms with van der Waals surface area (Å²) in [6.07, 6.45) is 1.69. The third-order valence-corrected chi connectivity index (χ3v) is 6.04. The lowest BCUT2D eigenvalue weighted by atomic mass is 10.1. The Labute approximate surface area is 118 Å². The molecule has 1 heterocycles. The van der Waals surface area contributed by atoms with Crippen LogP contribution >= 0.6 is 11.6 Å². The molecule has 19 heavy (non-hydrogen) atoms. The number of nitrogens with zero attached hydrogens (tertiary/aromatic N) is 1. The molecule has 0 aliphatic carbocycles. The Kier molecular flexibility index (Phi) is 4.18. The van der Waals surface area contributed by atoms with E-state index in [0.717, 1.165) is 12.8 Å². The average Bonchev–Trinajstić information content (AvgIpc) is 2.79. The zero-order valence-electron chi connectivity index (χ0n) is 11.0. The van der Waals surface area contributed by atoms with Crippen LogP contribution in [0.25, 0.3) is 0 Å². The fourth-order valence-electron chi connectivity index (χ4n) is 2.44. The van der Waals surface area contributed by atoms with Crippen LogP contribution in [0.1, 0.15) is 30.9 Å². The second-order valence-corrected chi connectivity index (χ2v) is 7.07. The third kappa shape index (κ3) is 2.64. The quantitative estimate of drug-likeness (QED) is 0.805. The minimum Gasteiger partial charge on any atom is -0.207 e. The summed E-state index contributed by atoms with van der Waals surface area (Å²) in [6, 6.07) is 2.73. The highest BCUT2D eigenvalue weighted by molar-refractivity contribution is 7.89. The second kappa shape index (κ2) is 5.38. The van der Waals surface area contributed by atoms with E-state index in [-0.39, 0.29) is 22.4 Å². The molecule has 6 heteroatoms. The lowest BCUT2D eigenvalue weighted by Gasteiger charge is -2.22. The lowest BCUT2D eigenvalue weighted by Crippen LogP contribution is -2.34. The molecule has 0 amide bonds. The van der Waals surface area contributed by atoms with Crippen LogP contribution in [0.4, 0.5) is 4.39 Å². The van der Waals surface area contributed by atoms with Gasteiger partial charge in [0.15, 0.2) is 0 Å². The highest BCUT2D eigenvalue weighted by Crippen LogP contribution is 2.29. The fourth-order valence-corrected chi connectivity index (χ4v) is 4.58. The number of rotatable bonds is 3. The van der Waals surface area contributed by atoms with Crippen molar-refractivity contribution in [2.75, 3.05) is 6.54 Å². The summed E-state index contributed by atoms with van der Waals surface area (Å²) in [5, 5.41) is 0. The predicted octanol–water partition coefficient (Wildman–Crippen LogP) is 3.05. The van der Waals surface area contributed by atoms with Crippen molar-refractivity contribution in [2.45, 2.75) is 43.5 Å². The number of hydrogen-bond acceptors (Lipinski definition) is 2. The molecule has 1 aliphatic heterocycles. The highest BCUT2D eigenvalue weighted by atomic mass is 35.5. The van der Waals surface area contributed by atoms with E-state index < -0.39 is 15.8 Å². The van der Waals surface area contributed by atoms with Gasteiger partial charge < -0.3 is 0 Å². The second-order valence-electron chi connectivity index (χ2n) is 4.94. The van der Waals surface area contributed by atoms with Gasteiger partial charge in [-0.3, -0.25) is 0 Å². The molecule has 0 N–H and O–H groups in total. The molecular weight excluding hydrogens is 289 g/mol. The molecule has 106 valence electrons. The van der Waals surface area contributed by atoms with Crippen LogP contribution in [0.2, 0.25) is 0 Å². The van der Waals surface area contributed by atoms with Crippen molar-refractivity contribution in [1.82, 2.24) is 4.31 Å². The van der Waals surface area contributed by atoms with Gasteiger partial charge in [0.2, 0.25) is 10.0 Å². The van der Waals surface area contributed by atoms with Crippen LogP contribution in [0.5, 0.6) is 0 Å². The summed E-state index contributed by atoms with van der Waals surface area (Å²) >= 11 is 5.69. The first-order valence-electron chi connectivity index (χ1n) is 6.24. The van der Waals surface area contributed by atoms with Gasteiger partial charge in [0, 0.05) is 24.0 Å². The van der Waals surface area contributed by atoms with Gasteiger partial charge in [0.25, 0.3) is 0 Å². The molecule has 2 rings (SSSR count). The third-order valence-electron chi connectivity index (χ3n) is 3.59. The van der Waals surface area contributed by atoms with E-state index in [1.54, 1.807) is 0 Å². The van der Waals surface area contributed by atoms with Gasteiger partial charge >= 0.3 is 0 Å². The molecule has 1 atom stereocenters. The number of benzene rings is 1. The molecule has 0 radical (unpaired) electrons. The van der Waals surface area contributed by atoms with Crippen molar-refractivity contribution in [3.05, 3.63) is 29.1 Å². The van der Waals surface area contributed by atoms with E-state index in [9.17, 15) is 12.8 Å². The summed E-state index contributed by atoms with van der Waals surface area (Å²) in [7, 11) is -3.64. The Balaban J connectivity index is 2.54. The van der Waals surface area contributed by atoms with Gasteiger partial charge in [0.05, 0.1) is 4.90 Å². The SMILES string of the molecule is Cc1c(F)cc(CCl)cc1S(=O)(=O)N1CCCC1C. The standard InChI is InChI=1S/C13H17ClFNO2S/c1-9-4-3-5-16(9)19(17,18)13-7-11(8-14)6-12(15)10(13)2/h6-7,9H,3-5,8H2,1-2H3. The average molecular weight is 306 g/mol. The summed E-state index contributed by atoms with van der Waals surface area (Å²) in [5.41, 5.74) is 0.642. The van der Waals surface area contributed by atoms with Gasteiger partial charge in [-0.25, -0.2) is 12.8 Å². The minimum absolute atomic E-state index is 0.0351. The molecule has 1 aromatic rings. The maximum absolute atomic E-state index is 13.8. The predicted molar refractivity (Wildman–Crippen MR) is 73.3 cm³/mol. The van der Waals surface area contributed by atoms with Crippen LogP contribution < -0.4 is 0 Å². The Morgan fingerprint density at radius 2 is 2.16 bits per heavy atom. The molecule has 0 bridgehead atoms. The Morgan fingerprint density at radius 1 is 1.47 bits per heavy atom. The van der Waals surface area contributed by atoms with E-state index in [0.29, 0.717) is 12.1 Å². The Hall–Kier alpha value is -0.650. The summed E-state index contributed by atoms with van der Waals surface area (Å²) < 4.78 is 40.5. The first-order chi connectivity index (χ1) is 8.87. The highest BCUT2D eigenvalue weighted by Gasteiger charge is 2.34. The summed E-state index contributed by atoms with van der Waals surface area (Å²) in [6.45, 7) is 3.86. The summed E-state index contributed by atoms with van der Waals surface area (Å²) in [5.74, 6) is -0.432. The molecule has 1 aromatic carbocycles. The molecule has 1 aliphatic rings. The van der Waals surface area contributed by atoms with Crippen molar-refractivity contribution in [1.29, 1.82) is 0 Å². The van der Waals surface area contributed by atoms with Crippen molar-refractivity contribution >= 4 is 21.6 Å². The van der Waals surface area contributed by atoms with Crippen LogP contribution in [0.15, 0.2) is 17.0 Å². The Morgan fingerprint density at radius 3 is 2.68 bits per heavy atom. The smallest absolute Gasteiger partial charge is 0.207 e. The Bertz CT molecular complexity index is 589. The maximum Gasteiger partial charge on any atom is 0.243 e. The van der Waals surface area contributed by atoms with Gasteiger partial charge in [-0.2, -0.15) is 4.31 Å². The van der Waals surface area contributed by atoms with E-state index in [2.05, 4.69) is 0 Å². The number of hydrogen-bond donors (Lipinski definition) is 0. The van der Waals surface area contributed by atoms with Crippen LogP contribution in [-0.2, 0) is 15.9 Å². The van der Waals surface area contributed by atoms with Crippen molar-refractivity contribution in [2.24, 2.45) is 0 Å². The molecule has 0 aromatic heterocycles. The van der Waals surface area contributed by atoms with E-state index in [4.69, 9.17) is 11.6 Å². The normalized spacial score (nSPS) is 20.9. The van der Waals surface area contributed by atoms with Gasteiger partial charge in [-0.15, -0.1) is 11.6 Å². The monoisotopic (exact) mass is 305 g/mol. The topological polar surface area (TPSA) is 37.4 Å². The van der Waals surface area contributed by atoms with Crippen molar-refractivity contribution in [3.8, 4) is 0 Å². The molecule has 0 spiro atoms. The van der Waals surface area contributed by atoms with E-state index in [1.807, 2.05) is 6.92 Å². The van der Waals surface area contributed by atoms with Crippen molar-refractivity contribution < 1.29 is 12.8 Å². The zero-order valence-corrected chi connectivity index (χ0v) is 12.6. The molecule has 1 saturated heterocycles. The van der Waals surface area contributed by atoms with Crippen LogP contribution in [-0.4, -0.2) is 25.3 Å². The maximum atomic E-state index is 13.8. The molecule has 1 fully saturated rings. The first-order valence-corrected chi connectivity index (χ1v) is 8.22. The van der Waals surface area contributed by atoms with Crippen molar-refractivity contribution in [3.63, 3.8) is 0 Å². The van der Waals surface area contributed by atoms with Gasteiger partial charge in [-0.1, -0.05) is 0 Å². The largest absolute Gasteiger partial charge is 0.243 e. The molecule has 1 unspecified atom stereocenters. The van der Waals surface area contributed by atoms with Crippen LogP contribution in [0.3, 0.4) is 0 Å². The first kappa shape index (κ1) is 14.8. The number of alkyl halides is 1. The minimum atomic E-state index is -3.64. The van der Waals surface area contributed by atoms with Gasteiger partial charge in [0.1, 0.15) is 5.82 Å². The van der Waals surface area contributed by atoms with E-state index in [1.165, 1.54) is 23.4 Å². The molecule has 0 saturated carbocycles. The molecule has 3 nitrogen and oxygen atoms in total. The zero-order chi connectivity index (χ0) is 14.2. The van der Waals surface area contributed by atoms with Crippen LogP contribution in [0, 0.1) is 12.7 Å². The number of halogens is 2. The number of sulfonamides is 1. The summed E-state index contributed by atoms with van der Waals surface area (Å²) in [4.78, 5) is 0.0388. The lowest BCUT2D eigenvalue weighted by molar-refractivity contribution is 0.407. The molecular formula is C13H17ClFNO2S. The van der Waals surface area contributed by atoms with E-state index >= 15 is 0 Å².